The van der Waals surface area contributed by atoms with E-state index in [2.05, 4.69) is 50.5 Å². The predicted octanol–water partition coefficient (Wildman–Crippen LogP) is 3.62. The fourth-order valence-corrected chi connectivity index (χ4v) is 3.17. The van der Waals surface area contributed by atoms with Crippen molar-refractivity contribution in [1.29, 1.82) is 0 Å². The third kappa shape index (κ3) is 5.30. The molecule has 0 aliphatic heterocycles. The molecule has 0 amide bonds. The summed E-state index contributed by atoms with van der Waals surface area (Å²) in [7, 11) is 1.96. The molecule has 0 aliphatic carbocycles. The van der Waals surface area contributed by atoms with Gasteiger partial charge < -0.3 is 10.6 Å². The van der Waals surface area contributed by atoms with E-state index in [-0.39, 0.29) is 18.4 Å². The Kier molecular flexibility index (Phi) is 7.20. The van der Waals surface area contributed by atoms with Crippen molar-refractivity contribution >= 4 is 21.9 Å². The first-order valence-corrected chi connectivity index (χ1v) is 9.59. The molecular weight excluding hydrogens is 397 g/mol. The van der Waals surface area contributed by atoms with E-state index in [4.69, 9.17) is 0 Å². The molecule has 1 heterocycles. The average Bonchev–Trinajstić information content (AvgIpc) is 2.80. The molecule has 0 aliphatic rings. The van der Waals surface area contributed by atoms with Gasteiger partial charge in [-0.15, -0.1) is 0 Å². The van der Waals surface area contributed by atoms with Crippen LogP contribution in [0.5, 0.6) is 0 Å². The lowest BCUT2D eigenvalue weighted by molar-refractivity contribution is 0.607. The molecule has 1 unspecified atom stereocenters. The van der Waals surface area contributed by atoms with Crippen LogP contribution >= 0.6 is 15.9 Å². The van der Waals surface area contributed by atoms with Gasteiger partial charge in [-0.25, -0.2) is 9.38 Å². The lowest BCUT2D eigenvalue weighted by atomic mass is 10.1. The number of hydrogen-bond acceptors (Lipinski definition) is 2. The molecule has 142 valence electrons. The zero-order valence-electron chi connectivity index (χ0n) is 16.0. The largest absolute Gasteiger partial charge is 0.357 e. The van der Waals surface area contributed by atoms with E-state index in [1.807, 2.05) is 31.6 Å². The number of halogens is 2. The first-order chi connectivity index (χ1) is 12.3. The quantitative estimate of drug-likeness (QED) is 0.550. The molecule has 2 rings (SSSR count). The Morgan fingerprint density at radius 2 is 2.12 bits per heavy atom. The third-order valence-corrected chi connectivity index (χ3v) is 4.81. The van der Waals surface area contributed by atoms with Crippen LogP contribution in [0.4, 0.5) is 4.39 Å². The molecule has 0 bridgehead atoms. The van der Waals surface area contributed by atoms with Gasteiger partial charge in [0.15, 0.2) is 5.96 Å². The molecule has 0 radical (unpaired) electrons. The maximum Gasteiger partial charge on any atom is 0.191 e. The number of hydrogen-bond donors (Lipinski definition) is 2. The highest BCUT2D eigenvalue weighted by Gasteiger charge is 2.14. The molecule has 0 fully saturated rings. The van der Waals surface area contributed by atoms with E-state index in [0.29, 0.717) is 11.5 Å². The lowest BCUT2D eigenvalue weighted by Gasteiger charge is -2.18. The van der Waals surface area contributed by atoms with E-state index in [0.717, 1.165) is 23.1 Å². The fraction of sp³-hybridized carbons (Fsp3) is 0.474. The Morgan fingerprint density at radius 3 is 2.69 bits per heavy atom. The van der Waals surface area contributed by atoms with Crippen LogP contribution in [0.2, 0.25) is 0 Å². The van der Waals surface area contributed by atoms with Crippen LogP contribution in [-0.4, -0.2) is 28.3 Å². The molecule has 1 aromatic carbocycles. The summed E-state index contributed by atoms with van der Waals surface area (Å²) in [5.41, 5.74) is 4.05. The van der Waals surface area contributed by atoms with Gasteiger partial charge in [0.1, 0.15) is 5.82 Å². The summed E-state index contributed by atoms with van der Waals surface area (Å²) < 4.78 is 16.6. The summed E-state index contributed by atoms with van der Waals surface area (Å²) in [6.45, 7) is 9.26. The summed E-state index contributed by atoms with van der Waals surface area (Å²) >= 11 is 3.27. The highest BCUT2D eigenvalue weighted by Crippen LogP contribution is 2.16. The van der Waals surface area contributed by atoms with Gasteiger partial charge >= 0.3 is 0 Å². The first kappa shape index (κ1) is 20.4. The number of aromatic nitrogens is 2. The summed E-state index contributed by atoms with van der Waals surface area (Å²) in [5.74, 6) is 0.426. The molecule has 0 spiro atoms. The highest BCUT2D eigenvalue weighted by molar-refractivity contribution is 9.10. The smallest absolute Gasteiger partial charge is 0.191 e. The standard InChI is InChI=1S/C19H27BrFN5/c1-6-22-19(23-11-15-7-8-16(20)10-18(15)21)24-12(2)9-17-13(3)25-26(5)14(17)4/h7-8,10,12H,6,9,11H2,1-5H3,(H2,22,23,24). The molecule has 2 N–H and O–H groups in total. The van der Waals surface area contributed by atoms with Gasteiger partial charge in [-0.3, -0.25) is 4.68 Å². The number of nitrogens with zero attached hydrogens (tertiary/aromatic N) is 3. The molecule has 0 saturated carbocycles. The molecule has 5 nitrogen and oxygen atoms in total. The summed E-state index contributed by atoms with van der Waals surface area (Å²) in [6.07, 6.45) is 0.850. The second-order valence-electron chi connectivity index (χ2n) is 6.45. The third-order valence-electron chi connectivity index (χ3n) is 4.32. The van der Waals surface area contributed by atoms with Gasteiger partial charge in [-0.1, -0.05) is 22.0 Å². The molecule has 2 aromatic rings. The SMILES string of the molecule is CCNC(=NCc1ccc(Br)cc1F)NC(C)Cc1c(C)nn(C)c1C. The van der Waals surface area contributed by atoms with E-state index in [1.54, 1.807) is 6.07 Å². The minimum absolute atomic E-state index is 0.171. The normalized spacial score (nSPS) is 13.0. The van der Waals surface area contributed by atoms with E-state index < -0.39 is 0 Å². The Balaban J connectivity index is 2.06. The van der Waals surface area contributed by atoms with Crippen LogP contribution in [-0.2, 0) is 20.0 Å². The van der Waals surface area contributed by atoms with Gasteiger partial charge in [-0.05, 0) is 51.8 Å². The maximum atomic E-state index is 14.0. The second kappa shape index (κ2) is 9.16. The molecule has 7 heteroatoms. The van der Waals surface area contributed by atoms with Crippen molar-refractivity contribution in [1.82, 2.24) is 20.4 Å². The van der Waals surface area contributed by atoms with Crippen molar-refractivity contribution in [3.8, 4) is 0 Å². The number of rotatable bonds is 6. The summed E-state index contributed by atoms with van der Waals surface area (Å²) in [4.78, 5) is 4.52. The van der Waals surface area contributed by atoms with Crippen LogP contribution in [0.1, 0.15) is 36.4 Å². The Morgan fingerprint density at radius 1 is 1.38 bits per heavy atom. The van der Waals surface area contributed by atoms with Crippen LogP contribution in [0.15, 0.2) is 27.7 Å². The van der Waals surface area contributed by atoms with Crippen LogP contribution < -0.4 is 10.6 Å². The number of guanidine groups is 1. The van der Waals surface area contributed by atoms with Gasteiger partial charge in [0.05, 0.1) is 12.2 Å². The monoisotopic (exact) mass is 423 g/mol. The predicted molar refractivity (Wildman–Crippen MR) is 108 cm³/mol. The highest BCUT2D eigenvalue weighted by atomic mass is 79.9. The van der Waals surface area contributed by atoms with Crippen molar-refractivity contribution in [3.63, 3.8) is 0 Å². The zero-order chi connectivity index (χ0) is 19.3. The minimum atomic E-state index is -0.256. The Bertz CT molecular complexity index is 784. The van der Waals surface area contributed by atoms with Crippen molar-refractivity contribution in [2.24, 2.45) is 12.0 Å². The zero-order valence-corrected chi connectivity index (χ0v) is 17.6. The lowest BCUT2D eigenvalue weighted by Crippen LogP contribution is -2.43. The van der Waals surface area contributed by atoms with Crippen molar-refractivity contribution in [3.05, 3.63) is 51.0 Å². The van der Waals surface area contributed by atoms with E-state index >= 15 is 0 Å². The topological polar surface area (TPSA) is 54.2 Å². The average molecular weight is 424 g/mol. The van der Waals surface area contributed by atoms with Gasteiger partial charge in [0, 0.05) is 35.4 Å². The van der Waals surface area contributed by atoms with Gasteiger partial charge in [0.25, 0.3) is 0 Å². The van der Waals surface area contributed by atoms with Crippen molar-refractivity contribution in [2.75, 3.05) is 6.54 Å². The summed E-state index contributed by atoms with van der Waals surface area (Å²) in [6, 6.07) is 5.20. The van der Waals surface area contributed by atoms with Crippen LogP contribution in [0.3, 0.4) is 0 Å². The molecule has 1 aromatic heterocycles. The molecule has 0 saturated heterocycles. The maximum absolute atomic E-state index is 14.0. The van der Waals surface area contributed by atoms with Crippen molar-refractivity contribution in [2.45, 2.75) is 46.7 Å². The fourth-order valence-electron chi connectivity index (χ4n) is 2.84. The Labute approximate surface area is 163 Å². The number of benzene rings is 1. The van der Waals surface area contributed by atoms with E-state index in [9.17, 15) is 4.39 Å². The van der Waals surface area contributed by atoms with Crippen LogP contribution in [0, 0.1) is 19.7 Å². The number of nitrogens with one attached hydrogen (secondary N) is 2. The number of aliphatic imine (C=N–C) groups is 1. The minimum Gasteiger partial charge on any atom is -0.357 e. The summed E-state index contributed by atoms with van der Waals surface area (Å²) in [5, 5.41) is 11.1. The van der Waals surface area contributed by atoms with Gasteiger partial charge in [-0.2, -0.15) is 5.10 Å². The molecule has 1 atom stereocenters. The second-order valence-corrected chi connectivity index (χ2v) is 7.37. The number of aryl methyl sites for hydroxylation is 2. The van der Waals surface area contributed by atoms with Crippen LogP contribution in [0.25, 0.3) is 0 Å². The van der Waals surface area contributed by atoms with Crippen molar-refractivity contribution < 1.29 is 4.39 Å². The Hall–Kier alpha value is -1.89. The van der Waals surface area contributed by atoms with E-state index in [1.165, 1.54) is 17.3 Å². The molecular formula is C19H27BrFN5. The van der Waals surface area contributed by atoms with Gasteiger partial charge in [0.2, 0.25) is 0 Å². The molecule has 26 heavy (non-hydrogen) atoms. The first-order valence-electron chi connectivity index (χ1n) is 8.79.